The van der Waals surface area contributed by atoms with Gasteiger partial charge in [-0.15, -0.1) is 0 Å². The Hall–Kier alpha value is -0.610. The Kier molecular flexibility index (Phi) is 2.24. The first-order valence-corrected chi connectivity index (χ1v) is 3.36. The molecule has 10 heavy (non-hydrogen) atoms. The second kappa shape index (κ2) is 2.98. The number of β-amino-alcohol motifs (C(OH)–C–C–N with tert-alkyl or cyclic N) is 1. The number of rotatable bonds is 1. The van der Waals surface area contributed by atoms with E-state index >= 15 is 0 Å². The lowest BCUT2D eigenvalue weighted by Gasteiger charge is -2.12. The van der Waals surface area contributed by atoms with Crippen LogP contribution in [0.4, 0.5) is 0 Å². The summed E-state index contributed by atoms with van der Waals surface area (Å²) in [6, 6.07) is -0.0995. The molecule has 4 heteroatoms. The van der Waals surface area contributed by atoms with Crippen LogP contribution in [0.3, 0.4) is 0 Å². The van der Waals surface area contributed by atoms with Crippen molar-refractivity contribution in [2.24, 2.45) is 0 Å². The molecule has 0 radical (unpaired) electrons. The molecular weight excluding hydrogens is 132 g/mol. The summed E-state index contributed by atoms with van der Waals surface area (Å²) in [7, 11) is 0. The number of aliphatic hydroxyl groups is 1. The summed E-state index contributed by atoms with van der Waals surface area (Å²) in [6.45, 7) is 2.69. The van der Waals surface area contributed by atoms with Crippen LogP contribution in [0, 0.1) is 0 Å². The van der Waals surface area contributed by atoms with Gasteiger partial charge in [0.15, 0.2) is 0 Å². The van der Waals surface area contributed by atoms with Crippen molar-refractivity contribution in [2.75, 3.05) is 13.1 Å². The molecular formula is C6H12N2O2. The molecule has 0 saturated carbocycles. The second-order valence-electron chi connectivity index (χ2n) is 2.53. The van der Waals surface area contributed by atoms with Gasteiger partial charge in [-0.25, -0.2) is 0 Å². The molecule has 1 amide bonds. The molecule has 0 spiro atoms. The molecule has 3 N–H and O–H groups in total. The molecule has 0 aromatic carbocycles. The molecule has 1 rings (SSSR count). The summed E-state index contributed by atoms with van der Waals surface area (Å²) in [4.78, 5) is 10.5. The topological polar surface area (TPSA) is 61.4 Å². The SMILES string of the molecule is CC(=O)N[C@@H]1CNC[C@H]1O. The zero-order valence-electron chi connectivity index (χ0n) is 5.92. The normalized spacial score (nSPS) is 32.2. The van der Waals surface area contributed by atoms with E-state index in [1.165, 1.54) is 6.92 Å². The summed E-state index contributed by atoms with van der Waals surface area (Å²) in [5.41, 5.74) is 0. The quantitative estimate of drug-likeness (QED) is 0.418. The Morgan fingerprint density at radius 1 is 1.70 bits per heavy atom. The summed E-state index contributed by atoms with van der Waals surface area (Å²) >= 11 is 0. The molecule has 58 valence electrons. The van der Waals surface area contributed by atoms with Crippen LogP contribution in [-0.2, 0) is 4.79 Å². The number of amides is 1. The van der Waals surface area contributed by atoms with Crippen molar-refractivity contribution in [3.63, 3.8) is 0 Å². The Balaban J connectivity index is 2.33. The number of nitrogens with one attached hydrogen (secondary N) is 2. The van der Waals surface area contributed by atoms with Crippen LogP contribution in [0.2, 0.25) is 0 Å². The van der Waals surface area contributed by atoms with Crippen molar-refractivity contribution in [1.29, 1.82) is 0 Å². The minimum absolute atomic E-state index is 0.0900. The van der Waals surface area contributed by atoms with Crippen LogP contribution in [-0.4, -0.2) is 36.2 Å². The molecule has 4 nitrogen and oxygen atoms in total. The Labute approximate surface area is 59.6 Å². The largest absolute Gasteiger partial charge is 0.390 e. The number of carbonyl (C=O) groups is 1. The average molecular weight is 144 g/mol. The van der Waals surface area contributed by atoms with E-state index < -0.39 is 6.10 Å². The second-order valence-corrected chi connectivity index (χ2v) is 2.53. The first-order chi connectivity index (χ1) is 4.70. The summed E-state index contributed by atoms with van der Waals surface area (Å²) < 4.78 is 0. The van der Waals surface area contributed by atoms with E-state index in [9.17, 15) is 4.79 Å². The number of hydrogen-bond donors (Lipinski definition) is 3. The van der Waals surface area contributed by atoms with Gasteiger partial charge in [0, 0.05) is 20.0 Å². The molecule has 1 aliphatic heterocycles. The monoisotopic (exact) mass is 144 g/mol. The van der Waals surface area contributed by atoms with Crippen LogP contribution in [0.25, 0.3) is 0 Å². The van der Waals surface area contributed by atoms with Gasteiger partial charge in [0.2, 0.25) is 5.91 Å². The smallest absolute Gasteiger partial charge is 0.217 e. The number of aliphatic hydroxyl groups excluding tert-OH is 1. The van der Waals surface area contributed by atoms with E-state index in [2.05, 4.69) is 10.6 Å². The van der Waals surface area contributed by atoms with Crippen LogP contribution < -0.4 is 10.6 Å². The van der Waals surface area contributed by atoms with E-state index in [-0.39, 0.29) is 11.9 Å². The third-order valence-corrected chi connectivity index (χ3v) is 1.57. The van der Waals surface area contributed by atoms with Gasteiger partial charge in [0.05, 0.1) is 12.1 Å². The lowest BCUT2D eigenvalue weighted by Crippen LogP contribution is -2.41. The van der Waals surface area contributed by atoms with Crippen molar-refractivity contribution in [1.82, 2.24) is 10.6 Å². The van der Waals surface area contributed by atoms with Crippen LogP contribution in [0.5, 0.6) is 0 Å². The van der Waals surface area contributed by atoms with Gasteiger partial charge in [-0.3, -0.25) is 4.79 Å². The maximum absolute atomic E-state index is 10.5. The fraction of sp³-hybridized carbons (Fsp3) is 0.833. The maximum atomic E-state index is 10.5. The summed E-state index contributed by atoms with van der Waals surface area (Å²) in [5, 5.41) is 14.8. The Morgan fingerprint density at radius 2 is 2.40 bits per heavy atom. The molecule has 0 unspecified atom stereocenters. The van der Waals surface area contributed by atoms with Crippen LogP contribution in [0.1, 0.15) is 6.92 Å². The first kappa shape index (κ1) is 7.50. The van der Waals surface area contributed by atoms with E-state index in [1.807, 2.05) is 0 Å². The predicted molar refractivity (Wildman–Crippen MR) is 36.5 cm³/mol. The molecule has 0 aromatic heterocycles. The molecule has 1 saturated heterocycles. The fourth-order valence-electron chi connectivity index (χ4n) is 1.07. The molecule has 1 fully saturated rings. The van der Waals surface area contributed by atoms with Gasteiger partial charge in [-0.05, 0) is 0 Å². The van der Waals surface area contributed by atoms with Gasteiger partial charge in [-0.1, -0.05) is 0 Å². The number of carbonyl (C=O) groups excluding carboxylic acids is 1. The molecule has 0 bridgehead atoms. The standard InChI is InChI=1S/C6H12N2O2/c1-4(9)8-5-2-7-3-6(5)10/h5-7,10H,2-3H2,1H3,(H,8,9)/t5-,6-/m1/s1. The van der Waals surface area contributed by atoms with Crippen molar-refractivity contribution >= 4 is 5.91 Å². The molecule has 1 heterocycles. The van der Waals surface area contributed by atoms with Crippen molar-refractivity contribution in [3.05, 3.63) is 0 Å². The highest BCUT2D eigenvalue weighted by atomic mass is 16.3. The zero-order valence-corrected chi connectivity index (χ0v) is 5.92. The lowest BCUT2D eigenvalue weighted by atomic mass is 10.2. The van der Waals surface area contributed by atoms with Gasteiger partial charge in [0.1, 0.15) is 0 Å². The highest BCUT2D eigenvalue weighted by Crippen LogP contribution is 1.97. The molecule has 0 aromatic rings. The van der Waals surface area contributed by atoms with Gasteiger partial charge in [-0.2, -0.15) is 0 Å². The van der Waals surface area contributed by atoms with Gasteiger partial charge < -0.3 is 15.7 Å². The highest BCUT2D eigenvalue weighted by molar-refractivity contribution is 5.73. The fourth-order valence-corrected chi connectivity index (χ4v) is 1.07. The van der Waals surface area contributed by atoms with Gasteiger partial charge in [0.25, 0.3) is 0 Å². The van der Waals surface area contributed by atoms with Crippen LogP contribution in [0.15, 0.2) is 0 Å². The average Bonchev–Trinajstić information content (AvgIpc) is 2.15. The molecule has 0 aliphatic carbocycles. The number of hydrogen-bond acceptors (Lipinski definition) is 3. The Morgan fingerprint density at radius 3 is 2.80 bits per heavy atom. The summed E-state index contributed by atoms with van der Waals surface area (Å²) in [5.74, 6) is -0.0900. The third-order valence-electron chi connectivity index (χ3n) is 1.57. The van der Waals surface area contributed by atoms with Crippen molar-refractivity contribution < 1.29 is 9.90 Å². The minimum Gasteiger partial charge on any atom is -0.390 e. The summed E-state index contributed by atoms with van der Waals surface area (Å²) in [6.07, 6.45) is -0.427. The highest BCUT2D eigenvalue weighted by Gasteiger charge is 2.24. The predicted octanol–water partition coefficient (Wildman–Crippen LogP) is -1.54. The van der Waals surface area contributed by atoms with Crippen molar-refractivity contribution in [3.8, 4) is 0 Å². The molecule has 2 atom stereocenters. The zero-order chi connectivity index (χ0) is 7.56. The van der Waals surface area contributed by atoms with E-state index in [0.717, 1.165) is 0 Å². The molecule has 1 aliphatic rings. The van der Waals surface area contributed by atoms with E-state index in [4.69, 9.17) is 5.11 Å². The van der Waals surface area contributed by atoms with E-state index in [1.54, 1.807) is 0 Å². The van der Waals surface area contributed by atoms with E-state index in [0.29, 0.717) is 13.1 Å². The van der Waals surface area contributed by atoms with Crippen LogP contribution >= 0.6 is 0 Å². The maximum Gasteiger partial charge on any atom is 0.217 e. The first-order valence-electron chi connectivity index (χ1n) is 3.36. The Bertz CT molecular complexity index is 138. The van der Waals surface area contributed by atoms with Crippen molar-refractivity contribution in [2.45, 2.75) is 19.1 Å². The van der Waals surface area contributed by atoms with Gasteiger partial charge >= 0.3 is 0 Å². The third kappa shape index (κ3) is 1.68. The lowest BCUT2D eigenvalue weighted by molar-refractivity contribution is -0.120. The minimum atomic E-state index is -0.427.